The summed E-state index contributed by atoms with van der Waals surface area (Å²) in [5, 5.41) is 0.802. The van der Waals surface area contributed by atoms with Gasteiger partial charge in [-0.15, -0.1) is 11.3 Å². The molecule has 1 aliphatic carbocycles. The van der Waals surface area contributed by atoms with Crippen LogP contribution in [0.2, 0.25) is 0 Å². The molecule has 0 unspecified atom stereocenters. The van der Waals surface area contributed by atoms with Crippen molar-refractivity contribution in [1.82, 2.24) is 9.97 Å². The van der Waals surface area contributed by atoms with Gasteiger partial charge < -0.3 is 9.72 Å². The lowest BCUT2D eigenvalue weighted by Gasteiger charge is -2.09. The molecule has 0 atom stereocenters. The van der Waals surface area contributed by atoms with E-state index in [1.54, 1.807) is 11.3 Å². The van der Waals surface area contributed by atoms with Gasteiger partial charge >= 0.3 is 0 Å². The molecule has 0 saturated heterocycles. The number of nitrogens with zero attached hydrogens (tertiary/aromatic N) is 1. The minimum Gasteiger partial charge on any atom is -0.369 e. The highest BCUT2D eigenvalue weighted by molar-refractivity contribution is 7.18. The van der Waals surface area contributed by atoms with Gasteiger partial charge in [-0.1, -0.05) is 30.3 Å². The van der Waals surface area contributed by atoms with Crippen LogP contribution in [0.3, 0.4) is 0 Å². The number of H-pyrrole nitrogens is 1. The summed E-state index contributed by atoms with van der Waals surface area (Å²) in [6.45, 7) is 0.839. The van der Waals surface area contributed by atoms with E-state index in [4.69, 9.17) is 4.74 Å². The van der Waals surface area contributed by atoms with E-state index >= 15 is 0 Å². The van der Waals surface area contributed by atoms with Gasteiger partial charge in [-0.25, -0.2) is 4.98 Å². The van der Waals surface area contributed by atoms with E-state index in [1.807, 2.05) is 30.3 Å². The minimum absolute atomic E-state index is 0.0206. The van der Waals surface area contributed by atoms with Crippen LogP contribution in [0.15, 0.2) is 35.1 Å². The molecule has 0 saturated carbocycles. The zero-order chi connectivity index (χ0) is 15.6. The van der Waals surface area contributed by atoms with Crippen molar-refractivity contribution in [2.75, 3.05) is 0 Å². The van der Waals surface area contributed by atoms with Crippen LogP contribution in [0.25, 0.3) is 10.2 Å². The third kappa shape index (κ3) is 2.94. The SMILES string of the molecule is O=c1[nH]c(COCc2ccccc2)nc2sc3c(c12)CCCC3. The third-order valence-corrected chi connectivity index (χ3v) is 5.41. The monoisotopic (exact) mass is 326 g/mol. The van der Waals surface area contributed by atoms with Gasteiger partial charge in [-0.2, -0.15) is 0 Å². The molecule has 118 valence electrons. The molecule has 1 aliphatic rings. The predicted octanol–water partition coefficient (Wildman–Crippen LogP) is 3.58. The summed E-state index contributed by atoms with van der Waals surface area (Å²) in [6, 6.07) is 10.00. The van der Waals surface area contributed by atoms with E-state index in [0.717, 1.165) is 28.6 Å². The van der Waals surface area contributed by atoms with Crippen LogP contribution in [-0.4, -0.2) is 9.97 Å². The Balaban J connectivity index is 1.55. The predicted molar refractivity (Wildman–Crippen MR) is 91.8 cm³/mol. The van der Waals surface area contributed by atoms with E-state index in [1.165, 1.54) is 23.3 Å². The van der Waals surface area contributed by atoms with E-state index in [-0.39, 0.29) is 5.56 Å². The highest BCUT2D eigenvalue weighted by Gasteiger charge is 2.19. The van der Waals surface area contributed by atoms with Crippen molar-refractivity contribution in [1.29, 1.82) is 0 Å². The average Bonchev–Trinajstić information content (AvgIpc) is 2.94. The second-order valence-corrected chi connectivity index (χ2v) is 6.97. The van der Waals surface area contributed by atoms with Crippen molar-refractivity contribution in [3.8, 4) is 0 Å². The number of fused-ring (bicyclic) bond motifs is 3. The molecule has 0 aliphatic heterocycles. The summed E-state index contributed by atoms with van der Waals surface area (Å²) < 4.78 is 5.68. The lowest BCUT2D eigenvalue weighted by molar-refractivity contribution is 0.102. The maximum absolute atomic E-state index is 12.4. The Hall–Kier alpha value is -1.98. The van der Waals surface area contributed by atoms with E-state index in [9.17, 15) is 4.79 Å². The van der Waals surface area contributed by atoms with Crippen molar-refractivity contribution in [2.24, 2.45) is 0 Å². The van der Waals surface area contributed by atoms with Gasteiger partial charge in [0.25, 0.3) is 5.56 Å². The summed E-state index contributed by atoms with van der Waals surface area (Å²) in [5.74, 6) is 0.608. The first kappa shape index (κ1) is 14.6. The number of aromatic nitrogens is 2. The first-order chi connectivity index (χ1) is 11.3. The molecule has 0 fully saturated rings. The number of rotatable bonds is 4. The maximum atomic E-state index is 12.4. The van der Waals surface area contributed by atoms with Gasteiger partial charge in [0.1, 0.15) is 17.3 Å². The van der Waals surface area contributed by atoms with Crippen LogP contribution in [0.5, 0.6) is 0 Å². The summed E-state index contributed by atoms with van der Waals surface area (Å²) in [7, 11) is 0. The molecule has 0 spiro atoms. The Labute approximate surface area is 138 Å². The number of hydrogen-bond donors (Lipinski definition) is 1. The quantitative estimate of drug-likeness (QED) is 0.797. The van der Waals surface area contributed by atoms with Crippen molar-refractivity contribution < 1.29 is 4.74 Å². The van der Waals surface area contributed by atoms with Crippen LogP contribution < -0.4 is 5.56 Å². The standard InChI is InChI=1S/C18H18N2O2S/c21-17-16-13-8-4-5-9-14(13)23-18(16)20-15(19-17)11-22-10-12-6-2-1-3-7-12/h1-3,6-7H,4-5,8-11H2,(H,19,20,21). The number of nitrogens with one attached hydrogen (secondary N) is 1. The smallest absolute Gasteiger partial charge is 0.260 e. The highest BCUT2D eigenvalue weighted by Crippen LogP contribution is 2.33. The van der Waals surface area contributed by atoms with Crippen molar-refractivity contribution in [3.63, 3.8) is 0 Å². The zero-order valence-electron chi connectivity index (χ0n) is 12.8. The molecular weight excluding hydrogens is 308 g/mol. The van der Waals surface area contributed by atoms with Gasteiger partial charge in [0.05, 0.1) is 12.0 Å². The second kappa shape index (κ2) is 6.26. The maximum Gasteiger partial charge on any atom is 0.260 e. The number of benzene rings is 1. The molecule has 2 aromatic heterocycles. The number of hydrogen-bond acceptors (Lipinski definition) is 4. The topological polar surface area (TPSA) is 55.0 Å². The molecule has 5 heteroatoms. The molecule has 1 aromatic carbocycles. The van der Waals surface area contributed by atoms with E-state index in [2.05, 4.69) is 9.97 Å². The second-order valence-electron chi connectivity index (χ2n) is 5.88. The molecule has 4 rings (SSSR count). The molecule has 2 heterocycles. The number of aryl methyl sites for hydroxylation is 2. The van der Waals surface area contributed by atoms with Crippen LogP contribution >= 0.6 is 11.3 Å². The number of ether oxygens (including phenoxy) is 1. The lowest BCUT2D eigenvalue weighted by atomic mass is 9.97. The van der Waals surface area contributed by atoms with Crippen LogP contribution in [-0.2, 0) is 30.8 Å². The Morgan fingerprint density at radius 2 is 1.96 bits per heavy atom. The molecular formula is C18H18N2O2S. The zero-order valence-corrected chi connectivity index (χ0v) is 13.6. The average molecular weight is 326 g/mol. The minimum atomic E-state index is -0.0206. The highest BCUT2D eigenvalue weighted by atomic mass is 32.1. The Morgan fingerprint density at radius 1 is 1.13 bits per heavy atom. The normalized spacial score (nSPS) is 14.1. The molecule has 23 heavy (non-hydrogen) atoms. The number of aromatic amines is 1. The van der Waals surface area contributed by atoms with Gasteiger partial charge in [0.2, 0.25) is 0 Å². The van der Waals surface area contributed by atoms with Crippen LogP contribution in [0.1, 0.15) is 34.7 Å². The van der Waals surface area contributed by atoms with Gasteiger partial charge in [0, 0.05) is 4.88 Å². The van der Waals surface area contributed by atoms with Crippen LogP contribution in [0.4, 0.5) is 0 Å². The summed E-state index contributed by atoms with van der Waals surface area (Å²) in [5.41, 5.74) is 2.32. The Morgan fingerprint density at radius 3 is 2.83 bits per heavy atom. The van der Waals surface area contributed by atoms with Crippen molar-refractivity contribution >= 4 is 21.6 Å². The van der Waals surface area contributed by atoms with Crippen LogP contribution in [0, 0.1) is 0 Å². The van der Waals surface area contributed by atoms with Crippen molar-refractivity contribution in [2.45, 2.75) is 38.9 Å². The molecule has 0 radical (unpaired) electrons. The largest absolute Gasteiger partial charge is 0.369 e. The number of thiophene rings is 1. The fraction of sp³-hybridized carbons (Fsp3) is 0.333. The molecule has 0 bridgehead atoms. The van der Waals surface area contributed by atoms with E-state index in [0.29, 0.717) is 19.0 Å². The van der Waals surface area contributed by atoms with E-state index < -0.39 is 0 Å². The lowest BCUT2D eigenvalue weighted by Crippen LogP contribution is -2.13. The third-order valence-electron chi connectivity index (χ3n) is 4.22. The van der Waals surface area contributed by atoms with Gasteiger partial charge in [-0.05, 0) is 36.8 Å². The summed E-state index contributed by atoms with van der Waals surface area (Å²) in [4.78, 5) is 22.1. The van der Waals surface area contributed by atoms with Crippen molar-refractivity contribution in [3.05, 3.63) is 62.5 Å². The molecule has 4 nitrogen and oxygen atoms in total. The Bertz CT molecular complexity index is 883. The fourth-order valence-corrected chi connectivity index (χ4v) is 4.40. The molecule has 0 amide bonds. The summed E-state index contributed by atoms with van der Waals surface area (Å²) in [6.07, 6.45) is 4.46. The first-order valence-corrected chi connectivity index (χ1v) is 8.78. The van der Waals surface area contributed by atoms with Gasteiger partial charge in [0.15, 0.2) is 0 Å². The molecule has 3 aromatic rings. The fourth-order valence-electron chi connectivity index (χ4n) is 3.12. The first-order valence-electron chi connectivity index (χ1n) is 7.96. The molecule has 1 N–H and O–H groups in total. The van der Waals surface area contributed by atoms with Gasteiger partial charge in [-0.3, -0.25) is 4.79 Å². The summed E-state index contributed by atoms with van der Waals surface area (Å²) >= 11 is 1.67. The Kier molecular flexibility index (Phi) is 3.97.